The lowest BCUT2D eigenvalue weighted by molar-refractivity contribution is 0.102. The third kappa shape index (κ3) is 4.46. The van der Waals surface area contributed by atoms with Crippen molar-refractivity contribution in [2.24, 2.45) is 0 Å². The highest BCUT2D eigenvalue weighted by Gasteiger charge is 2.15. The molecule has 8 heteroatoms. The van der Waals surface area contributed by atoms with Gasteiger partial charge in [0, 0.05) is 28.0 Å². The summed E-state index contributed by atoms with van der Waals surface area (Å²) in [5.74, 6) is 0.504. The fourth-order valence-electron chi connectivity index (χ4n) is 2.54. The maximum Gasteiger partial charge on any atom is 0.257 e. The van der Waals surface area contributed by atoms with Crippen LogP contribution in [0.4, 0.5) is 5.13 Å². The summed E-state index contributed by atoms with van der Waals surface area (Å²) in [5.41, 5.74) is 3.60. The van der Waals surface area contributed by atoms with Crippen molar-refractivity contribution in [2.75, 3.05) is 5.32 Å². The van der Waals surface area contributed by atoms with Crippen LogP contribution in [0.15, 0.2) is 64.3 Å². The lowest BCUT2D eigenvalue weighted by atomic mass is 10.1. The van der Waals surface area contributed by atoms with Crippen LogP contribution in [-0.4, -0.2) is 21.1 Å². The van der Waals surface area contributed by atoms with E-state index < -0.39 is 0 Å². The standard InChI is InChI=1S/C20H16N4OS3/c1-13-11-26-20(21-13)27-12-15-9-5-6-10-16(15)17(25)22-19-24-23-18(28-19)14-7-3-2-4-8-14/h2-11H,12H2,1H3,(H,22,24,25). The second-order valence-electron chi connectivity index (χ2n) is 5.93. The van der Waals surface area contributed by atoms with Gasteiger partial charge in [-0.25, -0.2) is 4.98 Å². The minimum atomic E-state index is -0.178. The zero-order valence-corrected chi connectivity index (χ0v) is 17.4. The normalized spacial score (nSPS) is 10.8. The molecule has 0 radical (unpaired) electrons. The Labute approximate surface area is 174 Å². The van der Waals surface area contributed by atoms with Crippen molar-refractivity contribution in [1.82, 2.24) is 15.2 Å². The van der Waals surface area contributed by atoms with Crippen LogP contribution in [-0.2, 0) is 5.75 Å². The van der Waals surface area contributed by atoms with Gasteiger partial charge < -0.3 is 0 Å². The highest BCUT2D eigenvalue weighted by Crippen LogP contribution is 2.29. The molecule has 140 valence electrons. The first-order valence-corrected chi connectivity index (χ1v) is 11.2. The minimum absolute atomic E-state index is 0.178. The van der Waals surface area contributed by atoms with Crippen molar-refractivity contribution in [3.8, 4) is 10.6 Å². The number of aromatic nitrogens is 3. The van der Waals surface area contributed by atoms with E-state index in [-0.39, 0.29) is 5.91 Å². The van der Waals surface area contributed by atoms with Crippen LogP contribution in [0, 0.1) is 6.92 Å². The van der Waals surface area contributed by atoms with Crippen molar-refractivity contribution in [1.29, 1.82) is 0 Å². The maximum atomic E-state index is 12.8. The number of thioether (sulfide) groups is 1. The molecule has 0 spiro atoms. The topological polar surface area (TPSA) is 67.8 Å². The molecule has 0 bridgehead atoms. The zero-order valence-electron chi connectivity index (χ0n) is 15.0. The molecule has 4 aromatic rings. The summed E-state index contributed by atoms with van der Waals surface area (Å²) < 4.78 is 1.00. The van der Waals surface area contributed by atoms with Gasteiger partial charge in [-0.15, -0.1) is 21.5 Å². The number of carbonyl (C=O) groups excluding carboxylic acids is 1. The monoisotopic (exact) mass is 424 g/mol. The number of carbonyl (C=O) groups is 1. The Morgan fingerprint density at radius 3 is 2.64 bits per heavy atom. The number of hydrogen-bond acceptors (Lipinski definition) is 7. The first-order chi connectivity index (χ1) is 13.7. The zero-order chi connectivity index (χ0) is 19.3. The van der Waals surface area contributed by atoms with Gasteiger partial charge in [0.2, 0.25) is 5.13 Å². The smallest absolute Gasteiger partial charge is 0.257 e. The molecular weight excluding hydrogens is 408 g/mol. The van der Waals surface area contributed by atoms with Crippen molar-refractivity contribution in [2.45, 2.75) is 17.0 Å². The molecule has 4 rings (SSSR count). The van der Waals surface area contributed by atoms with E-state index in [4.69, 9.17) is 0 Å². The van der Waals surface area contributed by atoms with Gasteiger partial charge >= 0.3 is 0 Å². The number of rotatable bonds is 6. The van der Waals surface area contributed by atoms with E-state index in [0.29, 0.717) is 16.4 Å². The lowest BCUT2D eigenvalue weighted by Crippen LogP contribution is -2.13. The maximum absolute atomic E-state index is 12.8. The van der Waals surface area contributed by atoms with Gasteiger partial charge in [0.05, 0.1) is 0 Å². The van der Waals surface area contributed by atoms with E-state index in [1.54, 1.807) is 23.1 Å². The van der Waals surface area contributed by atoms with E-state index in [0.717, 1.165) is 26.2 Å². The Bertz CT molecular complexity index is 1090. The second kappa shape index (κ2) is 8.64. The Balaban J connectivity index is 1.47. The van der Waals surface area contributed by atoms with Crippen molar-refractivity contribution in [3.63, 3.8) is 0 Å². The Morgan fingerprint density at radius 1 is 1.07 bits per heavy atom. The molecule has 0 unspecified atom stereocenters. The summed E-state index contributed by atoms with van der Waals surface area (Å²) >= 11 is 4.62. The average molecular weight is 425 g/mol. The fourth-order valence-corrected chi connectivity index (χ4v) is 5.14. The van der Waals surface area contributed by atoms with Crippen LogP contribution in [0.5, 0.6) is 0 Å². The van der Waals surface area contributed by atoms with Crippen LogP contribution in [0.25, 0.3) is 10.6 Å². The molecule has 2 heterocycles. The van der Waals surface area contributed by atoms with Crippen LogP contribution >= 0.6 is 34.4 Å². The van der Waals surface area contributed by atoms with Crippen LogP contribution in [0.3, 0.4) is 0 Å². The van der Waals surface area contributed by atoms with Gasteiger partial charge in [0.1, 0.15) is 9.35 Å². The number of thiazole rings is 1. The van der Waals surface area contributed by atoms with E-state index >= 15 is 0 Å². The number of nitrogens with one attached hydrogen (secondary N) is 1. The Morgan fingerprint density at radius 2 is 1.86 bits per heavy atom. The summed E-state index contributed by atoms with van der Waals surface area (Å²) in [5, 5.41) is 14.5. The van der Waals surface area contributed by atoms with Gasteiger partial charge in [0.25, 0.3) is 5.91 Å². The summed E-state index contributed by atoms with van der Waals surface area (Å²) in [6.07, 6.45) is 0. The summed E-state index contributed by atoms with van der Waals surface area (Å²) in [4.78, 5) is 17.3. The molecule has 28 heavy (non-hydrogen) atoms. The fraction of sp³-hybridized carbons (Fsp3) is 0.100. The first kappa shape index (κ1) is 18.8. The molecule has 0 aliphatic carbocycles. The molecule has 2 aromatic heterocycles. The molecule has 0 saturated carbocycles. The largest absolute Gasteiger partial charge is 0.296 e. The van der Waals surface area contributed by atoms with Crippen LogP contribution in [0.1, 0.15) is 21.6 Å². The summed E-state index contributed by atoms with van der Waals surface area (Å²) in [6.45, 7) is 1.98. The van der Waals surface area contributed by atoms with E-state index in [1.165, 1.54) is 11.3 Å². The highest BCUT2D eigenvalue weighted by molar-refractivity contribution is 8.00. The SMILES string of the molecule is Cc1csc(SCc2ccccc2C(=O)Nc2nnc(-c3ccccc3)s2)n1. The molecular formula is C20H16N4OS3. The van der Waals surface area contributed by atoms with Crippen molar-refractivity contribution < 1.29 is 4.79 Å². The van der Waals surface area contributed by atoms with Gasteiger partial charge in [-0.3, -0.25) is 10.1 Å². The average Bonchev–Trinajstić information content (AvgIpc) is 3.36. The van der Waals surface area contributed by atoms with E-state index in [2.05, 4.69) is 20.5 Å². The molecule has 2 aromatic carbocycles. The predicted molar refractivity (Wildman–Crippen MR) is 116 cm³/mol. The van der Waals surface area contributed by atoms with E-state index in [1.807, 2.05) is 66.9 Å². The van der Waals surface area contributed by atoms with Crippen LogP contribution in [0.2, 0.25) is 0 Å². The van der Waals surface area contributed by atoms with Crippen molar-refractivity contribution >= 4 is 45.5 Å². The minimum Gasteiger partial charge on any atom is -0.296 e. The number of nitrogens with zero attached hydrogens (tertiary/aromatic N) is 3. The molecule has 0 saturated heterocycles. The summed E-state index contributed by atoms with van der Waals surface area (Å²) in [7, 11) is 0. The predicted octanol–water partition coefficient (Wildman–Crippen LogP) is 5.51. The van der Waals surface area contributed by atoms with Gasteiger partial charge in [-0.05, 0) is 18.6 Å². The molecule has 0 aliphatic heterocycles. The third-order valence-corrected chi connectivity index (χ3v) is 6.95. The quantitative estimate of drug-likeness (QED) is 0.413. The molecule has 1 amide bonds. The van der Waals surface area contributed by atoms with Gasteiger partial charge in [-0.1, -0.05) is 71.6 Å². The highest BCUT2D eigenvalue weighted by atomic mass is 32.2. The first-order valence-electron chi connectivity index (χ1n) is 8.52. The molecule has 0 aliphatic rings. The van der Waals surface area contributed by atoms with Gasteiger partial charge in [0.15, 0.2) is 0 Å². The van der Waals surface area contributed by atoms with Gasteiger partial charge in [-0.2, -0.15) is 0 Å². The number of anilines is 1. The summed E-state index contributed by atoms with van der Waals surface area (Å²) in [6, 6.07) is 17.4. The molecule has 5 nitrogen and oxygen atoms in total. The lowest BCUT2D eigenvalue weighted by Gasteiger charge is -2.07. The molecule has 1 N–H and O–H groups in total. The van der Waals surface area contributed by atoms with Crippen molar-refractivity contribution in [3.05, 3.63) is 76.8 Å². The number of hydrogen-bond donors (Lipinski definition) is 1. The number of benzene rings is 2. The van der Waals surface area contributed by atoms with Crippen LogP contribution < -0.4 is 5.32 Å². The second-order valence-corrected chi connectivity index (χ2v) is 8.99. The third-order valence-electron chi connectivity index (χ3n) is 3.88. The number of aryl methyl sites for hydroxylation is 1. The Hall–Kier alpha value is -2.55. The Kier molecular flexibility index (Phi) is 5.80. The van der Waals surface area contributed by atoms with E-state index in [9.17, 15) is 4.79 Å². The molecule has 0 atom stereocenters. The molecule has 0 fully saturated rings. The number of amides is 1.